The minimum Gasteiger partial charge on any atom is -0.456 e. The number of hydrogen-bond donors (Lipinski definition) is 0. The summed E-state index contributed by atoms with van der Waals surface area (Å²) in [4.78, 5) is 2.42. The second-order valence-electron chi connectivity index (χ2n) is 13.3. The topological polar surface area (TPSA) is 21.3 Å². The van der Waals surface area contributed by atoms with Crippen LogP contribution >= 0.6 is 0 Å². The van der Waals surface area contributed by atoms with Gasteiger partial charge in [-0.05, 0) is 93.0 Å². The molecule has 0 radical (unpaired) electrons. The van der Waals surface area contributed by atoms with Gasteiger partial charge in [0.1, 0.15) is 11.2 Å². The zero-order valence-corrected chi connectivity index (χ0v) is 27.6. The normalized spacial score (nSPS) is 11.9. The molecule has 2 aromatic heterocycles. The van der Waals surface area contributed by atoms with Crippen molar-refractivity contribution in [1.82, 2.24) is 4.57 Å². The van der Waals surface area contributed by atoms with Crippen molar-refractivity contribution in [2.75, 3.05) is 4.90 Å². The van der Waals surface area contributed by atoms with E-state index in [1.807, 2.05) is 12.1 Å². The van der Waals surface area contributed by atoms with Crippen LogP contribution < -0.4 is 4.90 Å². The lowest BCUT2D eigenvalue weighted by Crippen LogP contribution is -2.11. The lowest BCUT2D eigenvalue weighted by Gasteiger charge is -2.27. The van der Waals surface area contributed by atoms with Gasteiger partial charge in [-0.1, -0.05) is 121 Å². The molecular formula is C48H30N2O. The fourth-order valence-electron chi connectivity index (χ4n) is 8.26. The molecule has 51 heavy (non-hydrogen) atoms. The average molecular weight is 651 g/mol. The van der Waals surface area contributed by atoms with Crippen LogP contribution in [0.5, 0.6) is 0 Å². The van der Waals surface area contributed by atoms with E-state index in [4.69, 9.17) is 4.42 Å². The second-order valence-corrected chi connectivity index (χ2v) is 13.3. The summed E-state index contributed by atoms with van der Waals surface area (Å²) in [6, 6.07) is 65.7. The van der Waals surface area contributed by atoms with E-state index < -0.39 is 0 Å². The molecule has 0 atom stereocenters. The number of aromatic nitrogens is 1. The molecule has 11 aromatic rings. The number of rotatable bonds is 4. The zero-order chi connectivity index (χ0) is 33.5. The van der Waals surface area contributed by atoms with E-state index in [0.717, 1.165) is 50.2 Å². The van der Waals surface area contributed by atoms with Crippen molar-refractivity contribution in [1.29, 1.82) is 0 Å². The smallest absolute Gasteiger partial charge is 0.135 e. The van der Waals surface area contributed by atoms with Crippen molar-refractivity contribution in [3.05, 3.63) is 182 Å². The largest absolute Gasteiger partial charge is 0.456 e. The first kappa shape index (κ1) is 28.0. The minimum atomic E-state index is 0.883. The third kappa shape index (κ3) is 4.19. The number of hydrogen-bond acceptors (Lipinski definition) is 2. The number of nitrogens with zero attached hydrogens (tertiary/aromatic N) is 2. The van der Waals surface area contributed by atoms with Gasteiger partial charge in [0.05, 0.1) is 16.7 Å². The van der Waals surface area contributed by atoms with Gasteiger partial charge in [0.25, 0.3) is 0 Å². The number of fused-ring (bicyclic) bond motifs is 11. The second kappa shape index (κ2) is 10.8. The van der Waals surface area contributed by atoms with Gasteiger partial charge in [0.15, 0.2) is 0 Å². The van der Waals surface area contributed by atoms with E-state index in [-0.39, 0.29) is 0 Å². The quantitative estimate of drug-likeness (QED) is 0.177. The summed E-state index contributed by atoms with van der Waals surface area (Å²) in [6.07, 6.45) is 0. The lowest BCUT2D eigenvalue weighted by molar-refractivity contribution is 0.669. The van der Waals surface area contributed by atoms with Crippen LogP contribution in [0.4, 0.5) is 17.1 Å². The molecule has 0 aliphatic carbocycles. The van der Waals surface area contributed by atoms with Crippen molar-refractivity contribution < 1.29 is 4.42 Å². The van der Waals surface area contributed by atoms with Crippen molar-refractivity contribution >= 4 is 93.1 Å². The van der Waals surface area contributed by atoms with Gasteiger partial charge in [-0.3, -0.25) is 0 Å². The Morgan fingerprint density at radius 2 is 1.00 bits per heavy atom. The summed E-state index contributed by atoms with van der Waals surface area (Å²) in [7, 11) is 0. The molecular weight excluding hydrogens is 621 g/mol. The maximum atomic E-state index is 6.29. The Morgan fingerprint density at radius 1 is 0.373 bits per heavy atom. The molecule has 0 fully saturated rings. The molecule has 0 bridgehead atoms. The number of anilines is 3. The highest BCUT2D eigenvalue weighted by Gasteiger charge is 2.22. The molecule has 0 amide bonds. The molecule has 9 aromatic carbocycles. The Labute approximate surface area is 293 Å². The van der Waals surface area contributed by atoms with Crippen LogP contribution in [0.2, 0.25) is 0 Å². The Kier molecular flexibility index (Phi) is 5.96. The highest BCUT2D eigenvalue weighted by molar-refractivity contribution is 6.19. The van der Waals surface area contributed by atoms with E-state index >= 15 is 0 Å². The third-order valence-corrected chi connectivity index (χ3v) is 10.5. The SMILES string of the molecule is c1ccc(-n2c3ccccc3c3cccc(N(c4ccc5c(ccc6c7ccccc7ccc56)c4)c4ccc5oc6ccccc6c5c4)c32)cc1. The van der Waals surface area contributed by atoms with Crippen LogP contribution in [0.15, 0.2) is 186 Å². The Hall–Kier alpha value is -6.84. The molecule has 2 heterocycles. The third-order valence-electron chi connectivity index (χ3n) is 10.5. The summed E-state index contributed by atoms with van der Waals surface area (Å²) >= 11 is 0. The molecule has 11 rings (SSSR count). The standard InChI is InChI=1S/C48H30N2O/c1-2-12-33(13-3-1)50-44-18-8-6-15-40(44)42-17-10-19-45(48(42)50)49(35-24-28-47-43(30-35)41-16-7-9-20-46(41)51-47)34-23-27-37-32(29-34)22-26-38-36-14-5-4-11-31(36)21-25-39(37)38/h1-30H. The zero-order valence-electron chi connectivity index (χ0n) is 27.6. The van der Waals surface area contributed by atoms with Gasteiger partial charge in [-0.15, -0.1) is 0 Å². The molecule has 0 N–H and O–H groups in total. The number of benzene rings is 9. The van der Waals surface area contributed by atoms with E-state index in [9.17, 15) is 0 Å². The van der Waals surface area contributed by atoms with Crippen molar-refractivity contribution in [3.8, 4) is 5.69 Å². The van der Waals surface area contributed by atoms with Crippen LogP contribution in [-0.2, 0) is 0 Å². The predicted molar refractivity (Wildman–Crippen MR) is 215 cm³/mol. The van der Waals surface area contributed by atoms with Gasteiger partial charge >= 0.3 is 0 Å². The van der Waals surface area contributed by atoms with Crippen molar-refractivity contribution in [2.45, 2.75) is 0 Å². The van der Waals surface area contributed by atoms with Crippen LogP contribution in [0, 0.1) is 0 Å². The molecule has 0 aliphatic rings. The summed E-state index contributed by atoms with van der Waals surface area (Å²) < 4.78 is 8.71. The van der Waals surface area contributed by atoms with Crippen LogP contribution in [-0.4, -0.2) is 4.57 Å². The lowest BCUT2D eigenvalue weighted by atomic mass is 9.96. The van der Waals surface area contributed by atoms with Crippen LogP contribution in [0.25, 0.3) is 81.7 Å². The Balaban J connectivity index is 1.22. The molecule has 0 unspecified atom stereocenters. The van der Waals surface area contributed by atoms with Gasteiger partial charge in [-0.25, -0.2) is 0 Å². The maximum absolute atomic E-state index is 6.29. The highest BCUT2D eigenvalue weighted by Crippen LogP contribution is 2.45. The Morgan fingerprint density at radius 3 is 1.88 bits per heavy atom. The van der Waals surface area contributed by atoms with Gasteiger partial charge in [0.2, 0.25) is 0 Å². The first-order valence-electron chi connectivity index (χ1n) is 17.4. The maximum Gasteiger partial charge on any atom is 0.135 e. The number of para-hydroxylation sites is 4. The van der Waals surface area contributed by atoms with Gasteiger partial charge in [0, 0.05) is 38.6 Å². The number of furan rings is 1. The molecule has 3 heteroatoms. The van der Waals surface area contributed by atoms with Crippen molar-refractivity contribution in [2.24, 2.45) is 0 Å². The van der Waals surface area contributed by atoms with Crippen molar-refractivity contribution in [3.63, 3.8) is 0 Å². The van der Waals surface area contributed by atoms with E-state index in [0.29, 0.717) is 0 Å². The molecule has 0 spiro atoms. The molecule has 0 saturated heterocycles. The molecule has 0 aliphatic heterocycles. The predicted octanol–water partition coefficient (Wildman–Crippen LogP) is 13.6. The molecule has 0 saturated carbocycles. The average Bonchev–Trinajstić information content (AvgIpc) is 3.74. The monoisotopic (exact) mass is 650 g/mol. The summed E-state index contributed by atoms with van der Waals surface area (Å²) in [6.45, 7) is 0. The molecule has 238 valence electrons. The fourth-order valence-corrected chi connectivity index (χ4v) is 8.26. The fraction of sp³-hybridized carbons (Fsp3) is 0. The summed E-state index contributed by atoms with van der Waals surface area (Å²) in [5.41, 5.74) is 8.51. The van der Waals surface area contributed by atoms with Crippen LogP contribution in [0.1, 0.15) is 0 Å². The van der Waals surface area contributed by atoms with Crippen LogP contribution in [0.3, 0.4) is 0 Å². The minimum absolute atomic E-state index is 0.883. The Bertz CT molecular complexity index is 3150. The first-order chi connectivity index (χ1) is 25.3. The summed E-state index contributed by atoms with van der Waals surface area (Å²) in [5.74, 6) is 0. The highest BCUT2D eigenvalue weighted by atomic mass is 16.3. The first-order valence-corrected chi connectivity index (χ1v) is 17.4. The van der Waals surface area contributed by atoms with E-state index in [2.05, 4.69) is 179 Å². The van der Waals surface area contributed by atoms with E-state index in [1.165, 1.54) is 48.6 Å². The molecule has 3 nitrogen and oxygen atoms in total. The van der Waals surface area contributed by atoms with Gasteiger partial charge in [-0.2, -0.15) is 0 Å². The van der Waals surface area contributed by atoms with Gasteiger partial charge < -0.3 is 13.9 Å². The van der Waals surface area contributed by atoms with E-state index in [1.54, 1.807) is 0 Å². The summed E-state index contributed by atoms with van der Waals surface area (Å²) in [5, 5.41) is 12.2.